The summed E-state index contributed by atoms with van der Waals surface area (Å²) in [5.74, 6) is -1.13. The zero-order valence-corrected chi connectivity index (χ0v) is 13.3. The molecule has 1 unspecified atom stereocenters. The Bertz CT molecular complexity index is 972. The van der Waals surface area contributed by atoms with Crippen LogP contribution in [0.2, 0.25) is 0 Å². The molecule has 0 bridgehead atoms. The number of aliphatic hydroxyl groups excluding tert-OH is 1. The van der Waals surface area contributed by atoms with Crippen molar-refractivity contribution in [3.63, 3.8) is 0 Å². The van der Waals surface area contributed by atoms with Gasteiger partial charge >= 0.3 is 5.97 Å². The van der Waals surface area contributed by atoms with Crippen molar-refractivity contribution in [3.8, 4) is 0 Å². The average Bonchev–Trinajstić information content (AvgIpc) is 3.25. The lowest BCUT2D eigenvalue weighted by atomic mass is 10.2. The Morgan fingerprint density at radius 2 is 2.00 bits per heavy atom. The van der Waals surface area contributed by atoms with Gasteiger partial charge < -0.3 is 19.9 Å². The Labute approximate surface area is 146 Å². The molecule has 0 aliphatic rings. The number of aliphatic carboxylic acids is 1. The molecule has 3 aromatic rings. The minimum absolute atomic E-state index is 0.0454. The van der Waals surface area contributed by atoms with Gasteiger partial charge in [0.25, 0.3) is 5.56 Å². The van der Waals surface area contributed by atoms with Crippen LogP contribution in [0.25, 0.3) is 0 Å². The number of carboxylic acid groups (broad SMARTS) is 1. The van der Waals surface area contributed by atoms with Crippen LogP contribution >= 0.6 is 0 Å². The maximum absolute atomic E-state index is 11.9. The number of rotatable bonds is 7. The van der Waals surface area contributed by atoms with Crippen LogP contribution in [0.5, 0.6) is 0 Å². The lowest BCUT2D eigenvalue weighted by Gasteiger charge is -2.11. The minimum atomic E-state index is -1.30. The highest BCUT2D eigenvalue weighted by Gasteiger charge is 2.26. The Hall–Kier alpha value is -3.66. The van der Waals surface area contributed by atoms with Crippen molar-refractivity contribution in [1.82, 2.24) is 10.2 Å². The molecule has 2 heterocycles. The number of hydrogen-bond donors (Lipinski definition) is 5. The van der Waals surface area contributed by atoms with E-state index in [-0.39, 0.29) is 23.9 Å². The molecule has 3 rings (SSSR count). The van der Waals surface area contributed by atoms with Gasteiger partial charge in [-0.2, -0.15) is 5.11 Å². The third-order valence-corrected chi connectivity index (χ3v) is 3.45. The second kappa shape index (κ2) is 7.49. The molecule has 0 aliphatic heterocycles. The number of furan rings is 1. The molecule has 1 aromatic carbocycles. The van der Waals surface area contributed by atoms with E-state index in [1.807, 2.05) is 6.07 Å². The van der Waals surface area contributed by atoms with Gasteiger partial charge in [-0.1, -0.05) is 18.2 Å². The summed E-state index contributed by atoms with van der Waals surface area (Å²) >= 11 is 0. The zero-order chi connectivity index (χ0) is 18.5. The Balaban J connectivity index is 1.88. The van der Waals surface area contributed by atoms with Gasteiger partial charge in [0.15, 0.2) is 17.5 Å². The number of aliphatic hydroxyl groups is 1. The summed E-state index contributed by atoms with van der Waals surface area (Å²) in [4.78, 5) is 23.5. The highest BCUT2D eigenvalue weighted by molar-refractivity contribution is 5.79. The number of benzene rings is 1. The van der Waals surface area contributed by atoms with Gasteiger partial charge in [0.05, 0.1) is 18.6 Å². The summed E-state index contributed by atoms with van der Waals surface area (Å²) in [7, 11) is 0. The smallest absolute Gasteiger partial charge is 0.334 e. The van der Waals surface area contributed by atoms with E-state index in [0.29, 0.717) is 11.3 Å². The van der Waals surface area contributed by atoms with Crippen LogP contribution in [0.4, 0.5) is 17.2 Å². The number of aromatic nitrogens is 2. The lowest BCUT2D eigenvalue weighted by molar-refractivity contribution is -0.138. The highest BCUT2D eigenvalue weighted by atomic mass is 16.4. The molecule has 0 saturated carbocycles. The van der Waals surface area contributed by atoms with Crippen molar-refractivity contribution in [2.75, 3.05) is 5.32 Å². The van der Waals surface area contributed by atoms with Gasteiger partial charge in [0, 0.05) is 5.56 Å². The second-order valence-electron chi connectivity index (χ2n) is 5.27. The number of aromatic amines is 2. The Morgan fingerprint density at radius 3 is 2.65 bits per heavy atom. The average molecular weight is 357 g/mol. The Morgan fingerprint density at radius 1 is 1.23 bits per heavy atom. The van der Waals surface area contributed by atoms with Crippen molar-refractivity contribution in [1.29, 1.82) is 0 Å². The van der Waals surface area contributed by atoms with Crippen LogP contribution in [0.15, 0.2) is 62.1 Å². The molecule has 10 nitrogen and oxygen atoms in total. The largest absolute Gasteiger partial charge is 0.479 e. The van der Waals surface area contributed by atoms with E-state index in [0.717, 1.165) is 0 Å². The molecule has 2 aromatic heterocycles. The van der Waals surface area contributed by atoms with E-state index in [4.69, 9.17) is 9.52 Å². The van der Waals surface area contributed by atoms with Crippen molar-refractivity contribution >= 4 is 23.2 Å². The fraction of sp³-hybridized carbons (Fsp3) is 0.125. The minimum Gasteiger partial charge on any atom is -0.479 e. The molecule has 5 N–H and O–H groups in total. The molecule has 134 valence electrons. The van der Waals surface area contributed by atoms with E-state index < -0.39 is 17.6 Å². The summed E-state index contributed by atoms with van der Waals surface area (Å²) in [5.41, 5.74) is 0.299. The van der Waals surface area contributed by atoms with E-state index >= 15 is 0 Å². The van der Waals surface area contributed by atoms with Crippen LogP contribution in [0.1, 0.15) is 17.4 Å². The third kappa shape index (κ3) is 3.70. The van der Waals surface area contributed by atoms with Gasteiger partial charge in [0.1, 0.15) is 5.76 Å². The first-order chi connectivity index (χ1) is 12.6. The fourth-order valence-electron chi connectivity index (χ4n) is 2.18. The number of carboxylic acids is 1. The summed E-state index contributed by atoms with van der Waals surface area (Å²) in [5, 5.41) is 33.9. The van der Waals surface area contributed by atoms with Crippen LogP contribution in [0.3, 0.4) is 0 Å². The molecule has 1 atom stereocenters. The van der Waals surface area contributed by atoms with Crippen LogP contribution in [0, 0.1) is 0 Å². The molecular formula is C16H15N5O5. The normalized spacial score (nSPS) is 12.3. The van der Waals surface area contributed by atoms with Gasteiger partial charge in [-0.25, -0.2) is 4.79 Å². The standard InChI is InChI=1S/C16H15N5O5/c22-7-9-6-11(26-8-9)12(16(24)25)17-14-13(15(23)21-20-14)19-18-10-4-2-1-3-5-10/h1-6,8,12,22H,7H2,(H,24,25)(H3,17,20,21,23). The predicted molar refractivity (Wildman–Crippen MR) is 90.7 cm³/mol. The first-order valence-corrected chi connectivity index (χ1v) is 7.53. The number of carbonyl (C=O) groups is 1. The number of H-pyrrole nitrogens is 2. The quantitative estimate of drug-likeness (QED) is 0.409. The number of nitrogens with one attached hydrogen (secondary N) is 3. The summed E-state index contributed by atoms with van der Waals surface area (Å²) in [6, 6.07) is 8.87. The van der Waals surface area contributed by atoms with Gasteiger partial charge in [0.2, 0.25) is 0 Å². The highest BCUT2D eigenvalue weighted by Crippen LogP contribution is 2.26. The van der Waals surface area contributed by atoms with Crippen LogP contribution in [-0.2, 0) is 11.4 Å². The molecule has 0 radical (unpaired) electrons. The summed E-state index contributed by atoms with van der Waals surface area (Å²) in [6.45, 7) is -0.284. The first kappa shape index (κ1) is 17.2. The monoisotopic (exact) mass is 357 g/mol. The van der Waals surface area contributed by atoms with Gasteiger partial charge in [-0.3, -0.25) is 15.0 Å². The van der Waals surface area contributed by atoms with Gasteiger partial charge in [-0.15, -0.1) is 5.11 Å². The number of anilines is 1. The lowest BCUT2D eigenvalue weighted by Crippen LogP contribution is -2.20. The molecule has 0 spiro atoms. The third-order valence-electron chi connectivity index (χ3n) is 3.45. The van der Waals surface area contributed by atoms with Gasteiger partial charge in [-0.05, 0) is 18.2 Å². The zero-order valence-electron chi connectivity index (χ0n) is 13.3. The maximum atomic E-state index is 11.9. The van der Waals surface area contributed by atoms with Crippen molar-refractivity contribution in [2.24, 2.45) is 10.2 Å². The van der Waals surface area contributed by atoms with Crippen molar-refractivity contribution < 1.29 is 19.4 Å². The molecular weight excluding hydrogens is 342 g/mol. The first-order valence-electron chi connectivity index (χ1n) is 7.53. The fourth-order valence-corrected chi connectivity index (χ4v) is 2.18. The number of hydrogen-bond acceptors (Lipinski definition) is 7. The molecule has 0 saturated heterocycles. The summed E-state index contributed by atoms with van der Waals surface area (Å²) < 4.78 is 5.17. The molecule has 0 amide bonds. The topological polar surface area (TPSA) is 156 Å². The Kier molecular flexibility index (Phi) is 4.94. The molecule has 10 heteroatoms. The SMILES string of the molecule is O=C(O)C(Nc1[nH][nH]c(=O)c1N=Nc1ccccc1)c1cc(CO)co1. The maximum Gasteiger partial charge on any atom is 0.334 e. The van der Waals surface area contributed by atoms with Crippen molar-refractivity contribution in [2.45, 2.75) is 12.6 Å². The summed E-state index contributed by atoms with van der Waals surface area (Å²) in [6.07, 6.45) is 1.25. The van der Waals surface area contributed by atoms with Crippen molar-refractivity contribution in [3.05, 3.63) is 64.3 Å². The molecule has 26 heavy (non-hydrogen) atoms. The molecule has 0 aliphatic carbocycles. The number of azo groups is 1. The van der Waals surface area contributed by atoms with E-state index in [1.165, 1.54) is 12.3 Å². The molecule has 0 fully saturated rings. The second-order valence-corrected chi connectivity index (χ2v) is 5.27. The van der Waals surface area contributed by atoms with E-state index in [9.17, 15) is 14.7 Å². The van der Waals surface area contributed by atoms with E-state index in [2.05, 4.69) is 25.7 Å². The van der Waals surface area contributed by atoms with Crippen LogP contribution < -0.4 is 10.9 Å². The van der Waals surface area contributed by atoms with E-state index in [1.54, 1.807) is 24.3 Å². The predicted octanol–water partition coefficient (Wildman–Crippen LogP) is 2.44. The number of nitrogens with zero attached hydrogens (tertiary/aromatic N) is 2. The van der Waals surface area contributed by atoms with Crippen LogP contribution in [-0.4, -0.2) is 26.4 Å².